The molecular weight excluding hydrogens is 174 g/mol. The molecule has 0 unspecified atom stereocenters. The summed E-state index contributed by atoms with van der Waals surface area (Å²) in [7, 11) is 0. The third-order valence-corrected chi connectivity index (χ3v) is 1.74. The van der Waals surface area contributed by atoms with Gasteiger partial charge < -0.3 is 9.47 Å². The Labute approximate surface area is 73.8 Å². The number of benzene rings is 1. The van der Waals surface area contributed by atoms with Gasteiger partial charge in [0.25, 0.3) is 5.91 Å². The number of amides is 1. The maximum absolute atomic E-state index is 11.0. The Bertz CT molecular complexity index is 350. The maximum Gasteiger partial charge on any atom is 0.274 e. The van der Waals surface area contributed by atoms with Crippen molar-refractivity contribution in [3.8, 4) is 11.5 Å². The lowest BCUT2D eigenvalue weighted by molar-refractivity contribution is 0.0706. The minimum Gasteiger partial charge on any atom is -0.454 e. The van der Waals surface area contributed by atoms with Crippen molar-refractivity contribution in [2.24, 2.45) is 0 Å². The van der Waals surface area contributed by atoms with Gasteiger partial charge in [0.1, 0.15) is 0 Å². The number of carbonyl (C=O) groups is 1. The molecule has 1 amide bonds. The van der Waals surface area contributed by atoms with E-state index in [0.717, 1.165) is 0 Å². The van der Waals surface area contributed by atoms with Crippen LogP contribution < -0.4 is 15.0 Å². The topological polar surface area (TPSA) is 67.8 Å². The summed E-state index contributed by atoms with van der Waals surface area (Å²) in [6, 6.07) is 4.67. The van der Waals surface area contributed by atoms with Gasteiger partial charge >= 0.3 is 0 Å². The zero-order valence-electron chi connectivity index (χ0n) is 6.61. The molecule has 1 aliphatic heterocycles. The lowest BCUT2D eigenvalue weighted by atomic mass is 10.2. The van der Waals surface area contributed by atoms with Gasteiger partial charge in [0.15, 0.2) is 11.5 Å². The minimum atomic E-state index is -0.571. The van der Waals surface area contributed by atoms with Crippen molar-refractivity contribution in [3.63, 3.8) is 0 Å². The van der Waals surface area contributed by atoms with Gasteiger partial charge in [-0.2, -0.15) is 0 Å². The van der Waals surface area contributed by atoms with E-state index >= 15 is 0 Å². The summed E-state index contributed by atoms with van der Waals surface area (Å²) < 4.78 is 10.1. The van der Waals surface area contributed by atoms with E-state index in [2.05, 4.69) is 0 Å². The number of rotatable bonds is 1. The molecule has 2 N–H and O–H groups in total. The smallest absolute Gasteiger partial charge is 0.274 e. The van der Waals surface area contributed by atoms with Gasteiger partial charge in [0.2, 0.25) is 6.79 Å². The molecular formula is C8H7NO4. The van der Waals surface area contributed by atoms with Crippen molar-refractivity contribution >= 4 is 5.91 Å². The molecule has 1 aromatic rings. The molecule has 5 heteroatoms. The first-order chi connectivity index (χ1) is 6.31. The van der Waals surface area contributed by atoms with Crippen LogP contribution in [0.3, 0.4) is 0 Å². The van der Waals surface area contributed by atoms with E-state index in [9.17, 15) is 4.79 Å². The summed E-state index contributed by atoms with van der Waals surface area (Å²) in [5.74, 6) is 0.550. The van der Waals surface area contributed by atoms with Crippen molar-refractivity contribution in [2.45, 2.75) is 0 Å². The van der Waals surface area contributed by atoms with Crippen LogP contribution in [0, 0.1) is 0 Å². The highest BCUT2D eigenvalue weighted by Gasteiger charge is 2.15. The summed E-state index contributed by atoms with van der Waals surface area (Å²) in [5, 5.41) is 8.37. The van der Waals surface area contributed by atoms with Gasteiger partial charge in [0, 0.05) is 5.56 Å². The van der Waals surface area contributed by atoms with E-state index in [1.165, 1.54) is 11.5 Å². The van der Waals surface area contributed by atoms with Crippen LogP contribution >= 0.6 is 0 Å². The van der Waals surface area contributed by atoms with Crippen molar-refractivity contribution < 1.29 is 19.5 Å². The molecule has 0 spiro atoms. The van der Waals surface area contributed by atoms with Gasteiger partial charge in [-0.25, -0.2) is 5.48 Å². The lowest BCUT2D eigenvalue weighted by Crippen LogP contribution is -2.18. The number of nitrogens with one attached hydrogen (secondary N) is 1. The van der Waals surface area contributed by atoms with E-state index in [-0.39, 0.29) is 6.79 Å². The third kappa shape index (κ3) is 1.29. The average Bonchev–Trinajstić information content (AvgIpc) is 2.63. The molecule has 0 aromatic heterocycles. The molecule has 0 saturated carbocycles. The molecule has 0 aliphatic carbocycles. The largest absolute Gasteiger partial charge is 0.454 e. The second-order valence-corrected chi connectivity index (χ2v) is 2.51. The van der Waals surface area contributed by atoms with Crippen LogP contribution in [0.1, 0.15) is 10.4 Å². The van der Waals surface area contributed by atoms with Crippen molar-refractivity contribution in [1.82, 2.24) is 5.48 Å². The Balaban J connectivity index is 2.36. The first kappa shape index (κ1) is 7.88. The third-order valence-electron chi connectivity index (χ3n) is 1.74. The molecule has 0 atom stereocenters. The zero-order chi connectivity index (χ0) is 9.26. The molecule has 1 aliphatic rings. The number of carbonyl (C=O) groups excluding carboxylic acids is 1. The van der Waals surface area contributed by atoms with Crippen LogP contribution in [0.5, 0.6) is 11.5 Å². The maximum atomic E-state index is 11.0. The molecule has 0 radical (unpaired) electrons. The number of hydrogen-bond acceptors (Lipinski definition) is 4. The fourth-order valence-electron chi connectivity index (χ4n) is 1.10. The molecule has 68 valence electrons. The number of ether oxygens (including phenoxy) is 2. The summed E-state index contributed by atoms with van der Waals surface area (Å²) in [4.78, 5) is 11.0. The Morgan fingerprint density at radius 3 is 2.92 bits per heavy atom. The van der Waals surface area contributed by atoms with Crippen LogP contribution in [-0.4, -0.2) is 17.9 Å². The van der Waals surface area contributed by atoms with Crippen LogP contribution in [0.25, 0.3) is 0 Å². The fourth-order valence-corrected chi connectivity index (χ4v) is 1.10. The standard InChI is InChI=1S/C8H7NO4/c10-8(9-11)5-1-2-6-7(3-5)13-4-12-6/h1-3,11H,4H2,(H,9,10). The van der Waals surface area contributed by atoms with Crippen molar-refractivity contribution in [1.29, 1.82) is 0 Å². The predicted molar refractivity (Wildman–Crippen MR) is 41.8 cm³/mol. The average molecular weight is 181 g/mol. The first-order valence-corrected chi connectivity index (χ1v) is 3.65. The molecule has 1 heterocycles. The highest BCUT2D eigenvalue weighted by molar-refractivity contribution is 5.94. The van der Waals surface area contributed by atoms with Gasteiger partial charge in [-0.05, 0) is 18.2 Å². The normalized spacial score (nSPS) is 12.7. The van der Waals surface area contributed by atoms with Gasteiger partial charge in [-0.15, -0.1) is 0 Å². The SMILES string of the molecule is O=C(NO)c1ccc2c(c1)OCO2. The molecule has 1 aromatic carbocycles. The number of fused-ring (bicyclic) bond motifs is 1. The van der Waals surface area contributed by atoms with Crippen LogP contribution in [0.15, 0.2) is 18.2 Å². The molecule has 2 rings (SSSR count). The number of hydrogen-bond donors (Lipinski definition) is 2. The van der Waals surface area contributed by atoms with E-state index in [1.54, 1.807) is 12.1 Å². The van der Waals surface area contributed by atoms with E-state index in [1.807, 2.05) is 0 Å². The van der Waals surface area contributed by atoms with Crippen LogP contribution in [0.4, 0.5) is 0 Å². The number of hydroxylamine groups is 1. The van der Waals surface area contributed by atoms with Gasteiger partial charge in [-0.1, -0.05) is 0 Å². The molecule has 0 fully saturated rings. The van der Waals surface area contributed by atoms with Crippen molar-refractivity contribution in [2.75, 3.05) is 6.79 Å². The Morgan fingerprint density at radius 2 is 2.15 bits per heavy atom. The molecule has 0 bridgehead atoms. The zero-order valence-corrected chi connectivity index (χ0v) is 6.61. The predicted octanol–water partition coefficient (Wildman–Crippen LogP) is 0.534. The minimum absolute atomic E-state index is 0.166. The summed E-state index contributed by atoms with van der Waals surface area (Å²) in [6.07, 6.45) is 0. The quantitative estimate of drug-likeness (QED) is 0.490. The second-order valence-electron chi connectivity index (χ2n) is 2.51. The molecule has 13 heavy (non-hydrogen) atoms. The Morgan fingerprint density at radius 1 is 1.38 bits per heavy atom. The van der Waals surface area contributed by atoms with Crippen LogP contribution in [-0.2, 0) is 0 Å². The summed E-state index contributed by atoms with van der Waals surface area (Å²) in [5.41, 5.74) is 1.86. The summed E-state index contributed by atoms with van der Waals surface area (Å²) >= 11 is 0. The Hall–Kier alpha value is -1.75. The second kappa shape index (κ2) is 2.95. The lowest BCUT2D eigenvalue weighted by Gasteiger charge is -1.99. The Kier molecular flexibility index (Phi) is 1.79. The fraction of sp³-hybridized carbons (Fsp3) is 0.125. The highest BCUT2D eigenvalue weighted by atomic mass is 16.7. The molecule has 5 nitrogen and oxygen atoms in total. The van der Waals surface area contributed by atoms with E-state index < -0.39 is 5.91 Å². The van der Waals surface area contributed by atoms with Crippen LogP contribution in [0.2, 0.25) is 0 Å². The highest BCUT2D eigenvalue weighted by Crippen LogP contribution is 2.32. The van der Waals surface area contributed by atoms with Gasteiger partial charge in [-0.3, -0.25) is 10.0 Å². The summed E-state index contributed by atoms with van der Waals surface area (Å²) in [6.45, 7) is 0.166. The monoisotopic (exact) mass is 181 g/mol. The first-order valence-electron chi connectivity index (χ1n) is 3.65. The van der Waals surface area contributed by atoms with E-state index in [4.69, 9.17) is 14.7 Å². The van der Waals surface area contributed by atoms with Crippen molar-refractivity contribution in [3.05, 3.63) is 23.8 Å². The van der Waals surface area contributed by atoms with Gasteiger partial charge in [0.05, 0.1) is 0 Å². The molecule has 0 saturated heterocycles. The van der Waals surface area contributed by atoms with E-state index in [0.29, 0.717) is 17.1 Å².